The first kappa shape index (κ1) is 22.2. The van der Waals surface area contributed by atoms with Crippen molar-refractivity contribution >= 4 is 29.9 Å². The maximum atomic E-state index is 5.57. The van der Waals surface area contributed by atoms with Gasteiger partial charge in [-0.05, 0) is 43.2 Å². The largest absolute Gasteiger partial charge is 0.467 e. The van der Waals surface area contributed by atoms with Crippen LogP contribution in [0.15, 0.2) is 27.8 Å². The molecule has 1 aromatic rings. The van der Waals surface area contributed by atoms with Crippen molar-refractivity contribution in [3.8, 4) is 0 Å². The first-order valence-corrected chi connectivity index (χ1v) is 8.82. The summed E-state index contributed by atoms with van der Waals surface area (Å²) in [6.45, 7) is 3.86. The summed E-state index contributed by atoms with van der Waals surface area (Å²) in [5.41, 5.74) is 0.389. The molecule has 0 unspecified atom stereocenters. The van der Waals surface area contributed by atoms with E-state index in [1.165, 1.54) is 19.3 Å². The standard InChI is InChI=1S/C18H31N3O3.HI/c1-19-17(21-15-18(7-4-8-18)9-13-22-2)20-10-5-11-23-14-16-6-3-12-24-16;/h3,6,12H,4-5,7-11,13-15H2,1-2H3,(H2,19,20,21);1H. The maximum Gasteiger partial charge on any atom is 0.190 e. The van der Waals surface area contributed by atoms with Crippen LogP contribution in [0, 0.1) is 5.41 Å². The molecule has 0 spiro atoms. The van der Waals surface area contributed by atoms with Crippen molar-refractivity contribution in [2.24, 2.45) is 10.4 Å². The molecular formula is C18H32IN3O3. The van der Waals surface area contributed by atoms with E-state index in [-0.39, 0.29) is 24.0 Å². The van der Waals surface area contributed by atoms with Crippen molar-refractivity contribution in [2.75, 3.05) is 40.5 Å². The predicted octanol–water partition coefficient (Wildman–Crippen LogP) is 3.18. The van der Waals surface area contributed by atoms with Gasteiger partial charge in [0.05, 0.1) is 6.26 Å². The van der Waals surface area contributed by atoms with Crippen LogP contribution in [-0.2, 0) is 16.1 Å². The minimum Gasteiger partial charge on any atom is -0.467 e. The van der Waals surface area contributed by atoms with Crippen LogP contribution in [0.3, 0.4) is 0 Å². The third kappa shape index (κ3) is 7.96. The summed E-state index contributed by atoms with van der Waals surface area (Å²) in [5, 5.41) is 6.81. The van der Waals surface area contributed by atoms with E-state index in [0.29, 0.717) is 18.6 Å². The summed E-state index contributed by atoms with van der Waals surface area (Å²) in [6, 6.07) is 3.79. The van der Waals surface area contributed by atoms with Crippen LogP contribution in [0.1, 0.15) is 37.9 Å². The summed E-state index contributed by atoms with van der Waals surface area (Å²) in [7, 11) is 3.58. The Bertz CT molecular complexity index is 476. The highest BCUT2D eigenvalue weighted by Crippen LogP contribution is 2.43. The molecule has 0 atom stereocenters. The molecule has 0 aromatic carbocycles. The fourth-order valence-corrected chi connectivity index (χ4v) is 2.95. The number of ether oxygens (including phenoxy) is 2. The summed E-state index contributed by atoms with van der Waals surface area (Å²) in [4.78, 5) is 4.30. The number of nitrogens with one attached hydrogen (secondary N) is 2. The molecule has 1 heterocycles. The Labute approximate surface area is 168 Å². The highest BCUT2D eigenvalue weighted by Gasteiger charge is 2.36. The van der Waals surface area contributed by atoms with Gasteiger partial charge in [-0.1, -0.05) is 6.42 Å². The SMILES string of the molecule is CN=C(NCCCOCc1ccco1)NCC1(CCOC)CCC1.I. The quantitative estimate of drug-likeness (QED) is 0.228. The lowest BCUT2D eigenvalue weighted by Gasteiger charge is -2.42. The fourth-order valence-electron chi connectivity index (χ4n) is 2.95. The zero-order valence-electron chi connectivity index (χ0n) is 15.4. The van der Waals surface area contributed by atoms with Gasteiger partial charge in [0.1, 0.15) is 12.4 Å². The number of hydrogen-bond acceptors (Lipinski definition) is 4. The number of nitrogens with zero attached hydrogens (tertiary/aromatic N) is 1. The lowest BCUT2D eigenvalue weighted by Crippen LogP contribution is -2.47. The van der Waals surface area contributed by atoms with Gasteiger partial charge < -0.3 is 24.5 Å². The van der Waals surface area contributed by atoms with Crippen LogP contribution >= 0.6 is 24.0 Å². The monoisotopic (exact) mass is 465 g/mol. The molecule has 0 saturated heterocycles. The van der Waals surface area contributed by atoms with Crippen molar-refractivity contribution in [3.63, 3.8) is 0 Å². The average Bonchev–Trinajstić information content (AvgIpc) is 3.08. The fraction of sp³-hybridized carbons (Fsp3) is 0.722. The third-order valence-electron chi connectivity index (χ3n) is 4.69. The minimum atomic E-state index is 0. The van der Waals surface area contributed by atoms with Gasteiger partial charge in [-0.2, -0.15) is 0 Å². The Kier molecular flexibility index (Phi) is 11.2. The smallest absolute Gasteiger partial charge is 0.190 e. The lowest BCUT2D eigenvalue weighted by molar-refractivity contribution is 0.0732. The third-order valence-corrected chi connectivity index (χ3v) is 4.69. The molecule has 7 heteroatoms. The van der Waals surface area contributed by atoms with E-state index in [9.17, 15) is 0 Å². The van der Waals surface area contributed by atoms with Gasteiger partial charge >= 0.3 is 0 Å². The highest BCUT2D eigenvalue weighted by molar-refractivity contribution is 14.0. The molecule has 25 heavy (non-hydrogen) atoms. The molecule has 1 aliphatic carbocycles. The van der Waals surface area contributed by atoms with Crippen LogP contribution in [0.2, 0.25) is 0 Å². The molecule has 144 valence electrons. The molecule has 1 aliphatic rings. The molecule has 1 aromatic heterocycles. The van der Waals surface area contributed by atoms with Crippen molar-refractivity contribution in [2.45, 2.75) is 38.7 Å². The molecule has 2 N–H and O–H groups in total. The number of aliphatic imine (C=N–C) groups is 1. The lowest BCUT2D eigenvalue weighted by atomic mass is 9.67. The molecule has 0 amide bonds. The predicted molar refractivity (Wildman–Crippen MR) is 111 cm³/mol. The van der Waals surface area contributed by atoms with Crippen LogP contribution in [-0.4, -0.2) is 46.4 Å². The van der Waals surface area contributed by atoms with Crippen LogP contribution in [0.25, 0.3) is 0 Å². The molecular weight excluding hydrogens is 433 g/mol. The molecule has 0 aliphatic heterocycles. The van der Waals surface area contributed by atoms with Crippen molar-refractivity contribution < 1.29 is 13.9 Å². The Balaban J connectivity index is 0.00000312. The van der Waals surface area contributed by atoms with Crippen LogP contribution in [0.4, 0.5) is 0 Å². The van der Waals surface area contributed by atoms with Crippen LogP contribution in [0.5, 0.6) is 0 Å². The second kappa shape index (κ2) is 12.5. The zero-order valence-corrected chi connectivity index (χ0v) is 17.7. The number of furan rings is 1. The second-order valence-corrected chi connectivity index (χ2v) is 6.43. The molecule has 0 bridgehead atoms. The van der Waals surface area contributed by atoms with Gasteiger partial charge in [0.15, 0.2) is 5.96 Å². The first-order valence-electron chi connectivity index (χ1n) is 8.82. The van der Waals surface area contributed by atoms with Gasteiger partial charge in [0.2, 0.25) is 0 Å². The zero-order chi connectivity index (χ0) is 17.1. The Morgan fingerprint density at radius 1 is 1.32 bits per heavy atom. The molecule has 0 radical (unpaired) electrons. The summed E-state index contributed by atoms with van der Waals surface area (Å²) in [5.74, 6) is 1.73. The van der Waals surface area contributed by atoms with Gasteiger partial charge in [-0.15, -0.1) is 24.0 Å². The number of halogens is 1. The Hall–Kier alpha value is -0.800. The number of rotatable bonds is 11. The van der Waals surface area contributed by atoms with Gasteiger partial charge in [0, 0.05) is 40.5 Å². The highest BCUT2D eigenvalue weighted by atomic mass is 127. The van der Waals surface area contributed by atoms with Gasteiger partial charge in [-0.25, -0.2) is 0 Å². The first-order chi connectivity index (χ1) is 11.8. The number of hydrogen-bond donors (Lipinski definition) is 2. The van der Waals surface area contributed by atoms with E-state index in [1.807, 2.05) is 19.2 Å². The van der Waals surface area contributed by atoms with Gasteiger partial charge in [-0.3, -0.25) is 4.99 Å². The molecule has 6 nitrogen and oxygen atoms in total. The second-order valence-electron chi connectivity index (χ2n) is 6.43. The summed E-state index contributed by atoms with van der Waals surface area (Å²) < 4.78 is 16.0. The van der Waals surface area contributed by atoms with E-state index >= 15 is 0 Å². The van der Waals surface area contributed by atoms with E-state index in [4.69, 9.17) is 13.9 Å². The number of guanidine groups is 1. The summed E-state index contributed by atoms with van der Waals surface area (Å²) in [6.07, 6.45) is 7.59. The molecule has 1 fully saturated rings. The van der Waals surface area contributed by atoms with E-state index in [2.05, 4.69) is 15.6 Å². The molecule has 2 rings (SSSR count). The Morgan fingerprint density at radius 2 is 2.16 bits per heavy atom. The van der Waals surface area contributed by atoms with E-state index < -0.39 is 0 Å². The van der Waals surface area contributed by atoms with Crippen LogP contribution < -0.4 is 10.6 Å². The summed E-state index contributed by atoms with van der Waals surface area (Å²) >= 11 is 0. The Morgan fingerprint density at radius 3 is 2.76 bits per heavy atom. The van der Waals surface area contributed by atoms with E-state index in [0.717, 1.165) is 44.3 Å². The topological polar surface area (TPSA) is 68.0 Å². The average molecular weight is 465 g/mol. The van der Waals surface area contributed by atoms with Crippen molar-refractivity contribution in [1.82, 2.24) is 10.6 Å². The number of methoxy groups -OCH3 is 1. The van der Waals surface area contributed by atoms with Crippen molar-refractivity contribution in [3.05, 3.63) is 24.2 Å². The van der Waals surface area contributed by atoms with Gasteiger partial charge in [0.25, 0.3) is 0 Å². The van der Waals surface area contributed by atoms with E-state index in [1.54, 1.807) is 13.4 Å². The molecule has 1 saturated carbocycles. The normalized spacial score (nSPS) is 16.0. The maximum absolute atomic E-state index is 5.57. The minimum absolute atomic E-state index is 0. The van der Waals surface area contributed by atoms with Crippen molar-refractivity contribution in [1.29, 1.82) is 0 Å².